The molecule has 24 heavy (non-hydrogen) atoms. The van der Waals surface area contributed by atoms with E-state index in [1.807, 2.05) is 6.92 Å². The number of thiophene rings is 1. The molecule has 0 radical (unpaired) electrons. The van der Waals surface area contributed by atoms with E-state index in [1.165, 1.54) is 22.8 Å². The zero-order chi connectivity index (χ0) is 17.7. The lowest BCUT2D eigenvalue weighted by Gasteiger charge is -2.18. The first-order valence-electron chi connectivity index (χ1n) is 7.40. The van der Waals surface area contributed by atoms with E-state index in [0.717, 1.165) is 17.8 Å². The van der Waals surface area contributed by atoms with Crippen molar-refractivity contribution in [2.75, 3.05) is 25.0 Å². The second-order valence-electron chi connectivity index (χ2n) is 5.07. The Morgan fingerprint density at radius 3 is 2.54 bits per heavy atom. The molecule has 0 aliphatic rings. The number of carbonyl (C=O) groups is 1. The number of carbonyl (C=O) groups excluding carboxylic acids is 1. The monoisotopic (exact) mass is 368 g/mol. The van der Waals surface area contributed by atoms with Gasteiger partial charge in [-0.3, -0.25) is 9.10 Å². The molecule has 0 spiro atoms. The number of anilines is 1. The first-order chi connectivity index (χ1) is 11.4. The van der Waals surface area contributed by atoms with E-state index >= 15 is 0 Å². The van der Waals surface area contributed by atoms with Gasteiger partial charge in [0.1, 0.15) is 5.75 Å². The van der Waals surface area contributed by atoms with Crippen LogP contribution in [0.25, 0.3) is 0 Å². The highest BCUT2D eigenvalue weighted by Gasteiger charge is 2.24. The maximum absolute atomic E-state index is 12.7. The van der Waals surface area contributed by atoms with Crippen molar-refractivity contribution >= 4 is 33.0 Å². The van der Waals surface area contributed by atoms with Gasteiger partial charge in [-0.25, -0.2) is 8.42 Å². The van der Waals surface area contributed by atoms with E-state index in [4.69, 9.17) is 4.74 Å². The van der Waals surface area contributed by atoms with Gasteiger partial charge in [-0.1, -0.05) is 6.92 Å². The number of benzene rings is 1. The van der Waals surface area contributed by atoms with Gasteiger partial charge in [0.25, 0.3) is 15.9 Å². The zero-order valence-corrected chi connectivity index (χ0v) is 15.4. The minimum absolute atomic E-state index is 0.104. The fraction of sp³-hybridized carbons (Fsp3) is 0.312. The maximum atomic E-state index is 12.7. The highest BCUT2D eigenvalue weighted by Crippen LogP contribution is 2.27. The second-order valence-corrected chi connectivity index (χ2v) is 7.95. The third-order valence-electron chi connectivity index (χ3n) is 3.43. The van der Waals surface area contributed by atoms with Crippen molar-refractivity contribution in [3.63, 3.8) is 0 Å². The van der Waals surface area contributed by atoms with Crippen LogP contribution in [-0.2, 0) is 10.0 Å². The van der Waals surface area contributed by atoms with E-state index in [-0.39, 0.29) is 10.8 Å². The summed E-state index contributed by atoms with van der Waals surface area (Å²) >= 11 is 1.12. The van der Waals surface area contributed by atoms with E-state index in [0.29, 0.717) is 22.9 Å². The number of hydrogen-bond donors (Lipinski definition) is 1. The molecule has 1 aromatic heterocycles. The first-order valence-corrected chi connectivity index (χ1v) is 9.71. The van der Waals surface area contributed by atoms with Gasteiger partial charge in [0.2, 0.25) is 0 Å². The Hall–Kier alpha value is -2.06. The molecule has 1 N–H and O–H groups in total. The lowest BCUT2D eigenvalue weighted by Crippen LogP contribution is -2.26. The lowest BCUT2D eigenvalue weighted by atomic mass is 10.3. The number of sulfonamides is 1. The number of nitrogens with one attached hydrogen (secondary N) is 1. The average Bonchev–Trinajstić information content (AvgIpc) is 3.10. The Balaban J connectivity index is 2.22. The summed E-state index contributed by atoms with van der Waals surface area (Å²) < 4.78 is 31.7. The van der Waals surface area contributed by atoms with Gasteiger partial charge in [-0.05, 0) is 36.8 Å². The summed E-state index contributed by atoms with van der Waals surface area (Å²) in [6, 6.07) is 8.12. The molecule has 130 valence electrons. The predicted octanol–water partition coefficient (Wildman–Crippen LogP) is 2.72. The van der Waals surface area contributed by atoms with Crippen molar-refractivity contribution in [1.29, 1.82) is 0 Å². The van der Waals surface area contributed by atoms with Crippen LogP contribution in [0.15, 0.2) is 40.6 Å². The van der Waals surface area contributed by atoms with Crippen molar-refractivity contribution in [3.8, 4) is 5.75 Å². The molecule has 0 saturated carbocycles. The number of hydrogen-bond acceptors (Lipinski definition) is 5. The maximum Gasteiger partial charge on any atom is 0.264 e. The second kappa shape index (κ2) is 7.67. The molecule has 1 aromatic carbocycles. The van der Waals surface area contributed by atoms with Crippen LogP contribution in [0.5, 0.6) is 5.75 Å². The van der Waals surface area contributed by atoms with Crippen molar-refractivity contribution < 1.29 is 17.9 Å². The summed E-state index contributed by atoms with van der Waals surface area (Å²) in [5, 5.41) is 4.22. The smallest absolute Gasteiger partial charge is 0.264 e. The highest BCUT2D eigenvalue weighted by molar-refractivity contribution is 7.93. The molecule has 6 nitrogen and oxygen atoms in total. The third kappa shape index (κ3) is 3.88. The summed E-state index contributed by atoms with van der Waals surface area (Å²) in [5.41, 5.74) is 0.513. The number of nitrogens with zero attached hydrogens (tertiary/aromatic N) is 1. The van der Waals surface area contributed by atoms with Crippen LogP contribution < -0.4 is 14.4 Å². The van der Waals surface area contributed by atoms with Crippen LogP contribution in [0, 0.1) is 0 Å². The number of ether oxygens (including phenoxy) is 1. The Kier molecular flexibility index (Phi) is 5.84. The van der Waals surface area contributed by atoms with Crippen molar-refractivity contribution in [2.45, 2.75) is 18.2 Å². The van der Waals surface area contributed by atoms with Gasteiger partial charge in [-0.2, -0.15) is 0 Å². The van der Waals surface area contributed by atoms with E-state index in [1.54, 1.807) is 31.4 Å². The van der Waals surface area contributed by atoms with Crippen molar-refractivity contribution in [3.05, 3.63) is 40.6 Å². The van der Waals surface area contributed by atoms with E-state index in [9.17, 15) is 13.2 Å². The van der Waals surface area contributed by atoms with Gasteiger partial charge in [0.05, 0.1) is 22.6 Å². The third-order valence-corrected chi connectivity index (χ3v) is 6.27. The van der Waals surface area contributed by atoms with Gasteiger partial charge >= 0.3 is 0 Å². The van der Waals surface area contributed by atoms with Gasteiger partial charge in [-0.15, -0.1) is 11.3 Å². The normalized spacial score (nSPS) is 11.1. The Morgan fingerprint density at radius 1 is 1.29 bits per heavy atom. The molecular formula is C16H20N2O4S2. The van der Waals surface area contributed by atoms with Gasteiger partial charge < -0.3 is 10.1 Å². The molecule has 0 aliphatic carbocycles. The largest absolute Gasteiger partial charge is 0.497 e. The van der Waals surface area contributed by atoms with Crippen LogP contribution in [0.4, 0.5) is 5.69 Å². The fourth-order valence-corrected chi connectivity index (χ4v) is 4.36. The Bertz CT molecular complexity index is 798. The van der Waals surface area contributed by atoms with Crippen molar-refractivity contribution in [2.24, 2.45) is 0 Å². The summed E-state index contributed by atoms with van der Waals surface area (Å²) in [6.07, 6.45) is 0.822. The number of rotatable bonds is 7. The molecule has 2 aromatic rings. The molecule has 1 heterocycles. The number of methoxy groups -OCH3 is 1. The predicted molar refractivity (Wildman–Crippen MR) is 95.5 cm³/mol. The molecule has 0 atom stereocenters. The molecule has 0 aliphatic heterocycles. The molecule has 0 fully saturated rings. The summed E-state index contributed by atoms with van der Waals surface area (Å²) in [4.78, 5) is 12.4. The molecule has 0 bridgehead atoms. The fourth-order valence-electron chi connectivity index (χ4n) is 1.99. The lowest BCUT2D eigenvalue weighted by molar-refractivity contribution is 0.0957. The summed E-state index contributed by atoms with van der Waals surface area (Å²) in [5.74, 6) is 0.394. The van der Waals surface area contributed by atoms with Crippen molar-refractivity contribution in [1.82, 2.24) is 5.32 Å². The minimum atomic E-state index is -3.72. The summed E-state index contributed by atoms with van der Waals surface area (Å²) in [6.45, 7) is 2.51. The Morgan fingerprint density at radius 2 is 1.96 bits per heavy atom. The average molecular weight is 368 g/mol. The minimum Gasteiger partial charge on any atom is -0.497 e. The van der Waals surface area contributed by atoms with Gasteiger partial charge in [0.15, 0.2) is 0 Å². The van der Waals surface area contributed by atoms with E-state index in [2.05, 4.69) is 5.32 Å². The molecule has 0 saturated heterocycles. The Labute approximate surface area is 146 Å². The quantitative estimate of drug-likeness (QED) is 0.815. The van der Waals surface area contributed by atoms with Crippen LogP contribution in [0.1, 0.15) is 23.0 Å². The van der Waals surface area contributed by atoms with Crippen LogP contribution >= 0.6 is 11.3 Å². The van der Waals surface area contributed by atoms with Crippen LogP contribution in [0.3, 0.4) is 0 Å². The van der Waals surface area contributed by atoms with Gasteiger partial charge in [0, 0.05) is 19.0 Å². The van der Waals surface area contributed by atoms with E-state index < -0.39 is 10.0 Å². The number of amides is 1. The molecular weight excluding hydrogens is 348 g/mol. The summed E-state index contributed by atoms with van der Waals surface area (Å²) in [7, 11) is -0.696. The SMILES string of the molecule is CCCNC(=O)c1cc(S(=O)(=O)N(C)c2ccc(OC)cc2)cs1. The molecule has 8 heteroatoms. The van der Waals surface area contributed by atoms with Crippen LogP contribution in [0.2, 0.25) is 0 Å². The van der Waals surface area contributed by atoms with Crippen LogP contribution in [-0.4, -0.2) is 35.0 Å². The first kappa shape index (κ1) is 18.3. The standard InChI is InChI=1S/C16H20N2O4S2/c1-4-9-17-16(19)15-10-14(11-23-15)24(20,21)18(2)12-5-7-13(22-3)8-6-12/h5-8,10-11H,4,9H2,1-3H3,(H,17,19). The molecule has 0 unspecified atom stereocenters. The highest BCUT2D eigenvalue weighted by atomic mass is 32.2. The zero-order valence-electron chi connectivity index (χ0n) is 13.8. The topological polar surface area (TPSA) is 75.7 Å². The molecule has 1 amide bonds. The molecule has 2 rings (SSSR count).